The summed E-state index contributed by atoms with van der Waals surface area (Å²) in [6.45, 7) is 2.14. The maximum absolute atomic E-state index is 12.4. The van der Waals surface area contributed by atoms with Crippen molar-refractivity contribution in [2.75, 3.05) is 26.7 Å². The van der Waals surface area contributed by atoms with Crippen LogP contribution < -0.4 is 10.6 Å². The minimum absolute atomic E-state index is 0.0415. The summed E-state index contributed by atoms with van der Waals surface area (Å²) in [5, 5.41) is 6.55. The summed E-state index contributed by atoms with van der Waals surface area (Å²) in [7, 11) is 1.65. The minimum Gasteiger partial charge on any atom is -0.358 e. The van der Waals surface area contributed by atoms with E-state index < -0.39 is 0 Å². The molecule has 1 aromatic carbocycles. The number of carbonyl (C=O) groups is 2. The molecule has 1 aliphatic heterocycles. The van der Waals surface area contributed by atoms with Crippen molar-refractivity contribution in [1.29, 1.82) is 0 Å². The summed E-state index contributed by atoms with van der Waals surface area (Å²) in [5.74, 6) is 0.578. The molecule has 2 unspecified atom stereocenters. The second kappa shape index (κ2) is 7.53. The number of amides is 2. The van der Waals surface area contributed by atoms with Crippen LogP contribution in [-0.4, -0.2) is 49.4 Å². The minimum atomic E-state index is 0.0415. The van der Waals surface area contributed by atoms with Crippen molar-refractivity contribution < 1.29 is 9.59 Å². The zero-order valence-electron chi connectivity index (χ0n) is 13.9. The Hall–Kier alpha value is -1.59. The third-order valence-electron chi connectivity index (χ3n) is 4.98. The van der Waals surface area contributed by atoms with Crippen LogP contribution in [0.15, 0.2) is 24.3 Å². The van der Waals surface area contributed by atoms with Crippen molar-refractivity contribution in [3.8, 4) is 0 Å². The number of nitrogens with one attached hydrogen (secondary N) is 2. The number of carbonyl (C=O) groups excluding carboxylic acids is 2. The van der Waals surface area contributed by atoms with Crippen molar-refractivity contribution >= 4 is 23.4 Å². The number of benzene rings is 1. The molecule has 5 nitrogen and oxygen atoms in total. The molecule has 1 heterocycles. The lowest BCUT2D eigenvalue weighted by atomic mass is 10.0. The molecule has 3 rings (SSSR count). The van der Waals surface area contributed by atoms with Crippen molar-refractivity contribution in [3.05, 3.63) is 34.9 Å². The molecule has 6 heteroatoms. The third kappa shape index (κ3) is 4.28. The van der Waals surface area contributed by atoms with Gasteiger partial charge in [-0.25, -0.2) is 0 Å². The first-order valence-electron chi connectivity index (χ1n) is 8.55. The quantitative estimate of drug-likeness (QED) is 0.851. The molecule has 0 spiro atoms. The smallest absolute Gasteiger partial charge is 0.233 e. The lowest BCUT2D eigenvalue weighted by Crippen LogP contribution is -2.47. The van der Waals surface area contributed by atoms with Crippen LogP contribution >= 0.6 is 11.6 Å². The maximum Gasteiger partial charge on any atom is 0.233 e. The fourth-order valence-electron chi connectivity index (χ4n) is 3.42. The van der Waals surface area contributed by atoms with Gasteiger partial charge in [0.2, 0.25) is 11.8 Å². The Morgan fingerprint density at radius 1 is 1.29 bits per heavy atom. The van der Waals surface area contributed by atoms with Gasteiger partial charge >= 0.3 is 0 Å². The Morgan fingerprint density at radius 3 is 2.71 bits per heavy atom. The fourth-order valence-corrected chi connectivity index (χ4v) is 3.61. The van der Waals surface area contributed by atoms with Crippen LogP contribution in [0.1, 0.15) is 30.7 Å². The molecular weight excluding hydrogens is 326 g/mol. The zero-order valence-corrected chi connectivity index (χ0v) is 14.7. The van der Waals surface area contributed by atoms with Gasteiger partial charge in [-0.2, -0.15) is 0 Å². The molecule has 24 heavy (non-hydrogen) atoms. The van der Waals surface area contributed by atoms with Crippen LogP contribution in [-0.2, 0) is 9.59 Å². The van der Waals surface area contributed by atoms with Crippen LogP contribution in [0, 0.1) is 5.92 Å². The molecular formula is C18H24ClN3O2. The van der Waals surface area contributed by atoms with Gasteiger partial charge in [0.1, 0.15) is 0 Å². The van der Waals surface area contributed by atoms with Crippen molar-refractivity contribution in [2.24, 2.45) is 5.92 Å². The summed E-state index contributed by atoms with van der Waals surface area (Å²) < 4.78 is 0. The van der Waals surface area contributed by atoms with Crippen LogP contribution in [0.4, 0.5) is 0 Å². The number of hydrogen-bond acceptors (Lipinski definition) is 3. The van der Waals surface area contributed by atoms with E-state index in [0.717, 1.165) is 42.9 Å². The number of likely N-dealkylation sites (N-methyl/N-ethyl adjacent to an activating group) is 1. The van der Waals surface area contributed by atoms with Gasteiger partial charge < -0.3 is 10.6 Å². The molecule has 2 N–H and O–H groups in total. The molecule has 2 amide bonds. The molecule has 0 bridgehead atoms. The lowest BCUT2D eigenvalue weighted by Gasteiger charge is -2.31. The third-order valence-corrected chi connectivity index (χ3v) is 5.22. The highest BCUT2D eigenvalue weighted by atomic mass is 35.5. The zero-order chi connectivity index (χ0) is 17.1. The average Bonchev–Trinajstić information content (AvgIpc) is 3.37. The first-order valence-corrected chi connectivity index (χ1v) is 8.93. The Kier molecular flexibility index (Phi) is 5.41. The van der Waals surface area contributed by atoms with E-state index in [2.05, 4.69) is 15.5 Å². The van der Waals surface area contributed by atoms with E-state index in [-0.39, 0.29) is 23.8 Å². The molecule has 2 atom stereocenters. The van der Waals surface area contributed by atoms with Crippen molar-refractivity contribution in [3.63, 3.8) is 0 Å². The van der Waals surface area contributed by atoms with E-state index in [4.69, 9.17) is 11.6 Å². The predicted molar refractivity (Wildman–Crippen MR) is 94.0 cm³/mol. The molecule has 1 aromatic rings. The van der Waals surface area contributed by atoms with E-state index in [1.165, 1.54) is 0 Å². The summed E-state index contributed by atoms with van der Waals surface area (Å²) in [6, 6.07) is 8.01. The van der Waals surface area contributed by atoms with Gasteiger partial charge in [0.25, 0.3) is 0 Å². The van der Waals surface area contributed by atoms with Gasteiger partial charge in [-0.3, -0.25) is 14.5 Å². The van der Waals surface area contributed by atoms with Crippen LogP contribution in [0.5, 0.6) is 0 Å². The van der Waals surface area contributed by atoms with Crippen LogP contribution in [0.3, 0.4) is 0 Å². The van der Waals surface area contributed by atoms with E-state index in [1.807, 2.05) is 24.3 Å². The number of halogens is 1. The fraction of sp³-hybridized carbons (Fsp3) is 0.556. The highest BCUT2D eigenvalue weighted by Crippen LogP contribution is 2.48. The SMILES string of the molecule is CNC(=O)CN1CCC(NC(=O)C2CC2c2cccc(Cl)c2)CC1. The molecule has 2 aliphatic rings. The van der Waals surface area contributed by atoms with Gasteiger partial charge in [0.15, 0.2) is 0 Å². The van der Waals surface area contributed by atoms with Gasteiger partial charge in [-0.05, 0) is 42.9 Å². The number of likely N-dealkylation sites (tertiary alicyclic amines) is 1. The van der Waals surface area contributed by atoms with Gasteiger partial charge in [0, 0.05) is 37.1 Å². The maximum atomic E-state index is 12.4. The second-order valence-corrected chi connectivity index (χ2v) is 7.17. The molecule has 1 saturated carbocycles. The molecule has 2 fully saturated rings. The van der Waals surface area contributed by atoms with E-state index in [1.54, 1.807) is 7.05 Å². The van der Waals surface area contributed by atoms with Gasteiger partial charge in [-0.15, -0.1) is 0 Å². The molecule has 0 radical (unpaired) electrons. The Bertz CT molecular complexity index is 614. The average molecular weight is 350 g/mol. The first-order chi connectivity index (χ1) is 11.6. The number of piperidine rings is 1. The number of hydrogen-bond donors (Lipinski definition) is 2. The van der Waals surface area contributed by atoms with Crippen molar-refractivity contribution in [2.45, 2.75) is 31.2 Å². The first kappa shape index (κ1) is 17.2. The molecule has 0 aromatic heterocycles. The Balaban J connectivity index is 1.43. The monoisotopic (exact) mass is 349 g/mol. The van der Waals surface area contributed by atoms with E-state index in [9.17, 15) is 9.59 Å². The van der Waals surface area contributed by atoms with Gasteiger partial charge in [0.05, 0.1) is 6.54 Å². The largest absolute Gasteiger partial charge is 0.358 e. The number of rotatable bonds is 5. The molecule has 130 valence electrons. The summed E-state index contributed by atoms with van der Waals surface area (Å²) in [4.78, 5) is 26.0. The molecule has 1 saturated heterocycles. The number of nitrogens with zero attached hydrogens (tertiary/aromatic N) is 1. The predicted octanol–water partition coefficient (Wildman–Crippen LogP) is 1.77. The van der Waals surface area contributed by atoms with Crippen LogP contribution in [0.2, 0.25) is 5.02 Å². The second-order valence-electron chi connectivity index (χ2n) is 6.74. The van der Waals surface area contributed by atoms with E-state index >= 15 is 0 Å². The standard InChI is InChI=1S/C18H24ClN3O2/c1-20-17(23)11-22-7-5-14(6-8-22)21-18(24)16-10-15(16)12-3-2-4-13(19)9-12/h2-4,9,14-16H,5-8,10-11H2,1H3,(H,20,23)(H,21,24). The van der Waals surface area contributed by atoms with Crippen molar-refractivity contribution in [1.82, 2.24) is 15.5 Å². The lowest BCUT2D eigenvalue weighted by molar-refractivity contribution is -0.124. The van der Waals surface area contributed by atoms with Crippen LogP contribution in [0.25, 0.3) is 0 Å². The summed E-state index contributed by atoms with van der Waals surface area (Å²) in [5.41, 5.74) is 1.16. The normalized spacial score (nSPS) is 24.4. The topological polar surface area (TPSA) is 61.4 Å². The summed E-state index contributed by atoms with van der Waals surface area (Å²) in [6.07, 6.45) is 2.70. The van der Waals surface area contributed by atoms with Gasteiger partial charge in [-0.1, -0.05) is 23.7 Å². The Labute approximate surface area is 147 Å². The molecule has 1 aliphatic carbocycles. The highest BCUT2D eigenvalue weighted by molar-refractivity contribution is 6.30. The Morgan fingerprint density at radius 2 is 2.04 bits per heavy atom. The van der Waals surface area contributed by atoms with E-state index in [0.29, 0.717) is 12.5 Å². The highest BCUT2D eigenvalue weighted by Gasteiger charge is 2.44. The summed E-state index contributed by atoms with van der Waals surface area (Å²) >= 11 is 6.03.